The molecule has 0 aliphatic carbocycles. The number of carboxylic acids is 1. The minimum Gasteiger partial charge on any atom is -0.493 e. The molecule has 1 aromatic heterocycles. The Bertz CT molecular complexity index is 1400. The molecule has 5 rings (SSSR count). The molecule has 0 saturated carbocycles. The van der Waals surface area contributed by atoms with E-state index in [0.29, 0.717) is 48.9 Å². The topological polar surface area (TPSA) is 101 Å². The van der Waals surface area contributed by atoms with E-state index in [1.165, 1.54) is 0 Å². The number of ether oxygens (including phenoxy) is 1. The van der Waals surface area contributed by atoms with Gasteiger partial charge in [0, 0.05) is 29.5 Å². The van der Waals surface area contributed by atoms with Crippen LogP contribution in [0.2, 0.25) is 0 Å². The van der Waals surface area contributed by atoms with Crippen LogP contribution >= 0.6 is 0 Å². The molecule has 0 saturated heterocycles. The first kappa shape index (κ1) is 23.5. The third-order valence-electron chi connectivity index (χ3n) is 6.36. The number of aliphatic carboxylic acids is 1. The SMILES string of the molecule is O=C(O)CCCCc1nc2cc(C(=O)NC3CCOc4ccccc43)ccc2nc1-c1ccccc1. The second kappa shape index (κ2) is 10.6. The summed E-state index contributed by atoms with van der Waals surface area (Å²) in [6.07, 6.45) is 2.70. The summed E-state index contributed by atoms with van der Waals surface area (Å²) in [7, 11) is 0. The number of carbonyl (C=O) groups is 2. The molecule has 1 amide bonds. The molecule has 182 valence electrons. The number of unbranched alkanes of at least 4 members (excludes halogenated alkanes) is 1. The lowest BCUT2D eigenvalue weighted by Gasteiger charge is -2.26. The summed E-state index contributed by atoms with van der Waals surface area (Å²) in [4.78, 5) is 33.8. The molecule has 36 heavy (non-hydrogen) atoms. The van der Waals surface area contributed by atoms with Crippen molar-refractivity contribution in [3.8, 4) is 17.0 Å². The van der Waals surface area contributed by atoms with E-state index in [0.717, 1.165) is 28.3 Å². The van der Waals surface area contributed by atoms with Gasteiger partial charge in [-0.15, -0.1) is 0 Å². The number of nitrogens with one attached hydrogen (secondary N) is 1. The van der Waals surface area contributed by atoms with Crippen molar-refractivity contribution >= 4 is 22.9 Å². The van der Waals surface area contributed by atoms with Gasteiger partial charge in [-0.1, -0.05) is 48.5 Å². The van der Waals surface area contributed by atoms with Gasteiger partial charge in [0.2, 0.25) is 0 Å². The largest absolute Gasteiger partial charge is 0.493 e. The Labute approximate surface area is 209 Å². The Morgan fingerprint density at radius 3 is 2.58 bits per heavy atom. The molecule has 7 heteroatoms. The lowest BCUT2D eigenvalue weighted by atomic mass is 10.00. The quantitative estimate of drug-likeness (QED) is 0.329. The lowest BCUT2D eigenvalue weighted by Crippen LogP contribution is -2.32. The van der Waals surface area contributed by atoms with Crippen LogP contribution in [-0.2, 0) is 11.2 Å². The number of hydrogen-bond acceptors (Lipinski definition) is 5. The van der Waals surface area contributed by atoms with E-state index in [9.17, 15) is 9.59 Å². The molecule has 1 aliphatic rings. The highest BCUT2D eigenvalue weighted by molar-refractivity contribution is 5.97. The Kier molecular flexibility index (Phi) is 6.89. The highest BCUT2D eigenvalue weighted by Gasteiger charge is 2.23. The molecule has 4 aromatic rings. The van der Waals surface area contributed by atoms with Gasteiger partial charge < -0.3 is 15.2 Å². The van der Waals surface area contributed by atoms with Crippen LogP contribution in [0.4, 0.5) is 0 Å². The van der Waals surface area contributed by atoms with Crippen molar-refractivity contribution < 1.29 is 19.4 Å². The summed E-state index contributed by atoms with van der Waals surface area (Å²) in [6.45, 7) is 0.554. The summed E-state index contributed by atoms with van der Waals surface area (Å²) >= 11 is 0. The molecule has 1 unspecified atom stereocenters. The molecular formula is C29H27N3O4. The van der Waals surface area contributed by atoms with Crippen molar-refractivity contribution in [3.63, 3.8) is 0 Å². The van der Waals surface area contributed by atoms with Crippen LogP contribution < -0.4 is 10.1 Å². The molecular weight excluding hydrogens is 454 g/mol. The van der Waals surface area contributed by atoms with E-state index >= 15 is 0 Å². The van der Waals surface area contributed by atoms with Gasteiger partial charge in [0.25, 0.3) is 5.91 Å². The summed E-state index contributed by atoms with van der Waals surface area (Å²) in [5.74, 6) is -0.166. The van der Waals surface area contributed by atoms with Gasteiger partial charge in [-0.25, -0.2) is 9.97 Å². The average Bonchev–Trinajstić information content (AvgIpc) is 2.91. The number of aromatic nitrogens is 2. The van der Waals surface area contributed by atoms with Crippen LogP contribution in [0.3, 0.4) is 0 Å². The van der Waals surface area contributed by atoms with Gasteiger partial charge in [0.15, 0.2) is 0 Å². The molecule has 3 aromatic carbocycles. The number of nitrogens with zero attached hydrogens (tertiary/aromatic N) is 2. The summed E-state index contributed by atoms with van der Waals surface area (Å²) in [5.41, 5.74) is 5.39. The number of amides is 1. The maximum Gasteiger partial charge on any atom is 0.303 e. The number of para-hydroxylation sites is 1. The molecule has 2 N–H and O–H groups in total. The van der Waals surface area contributed by atoms with E-state index in [1.54, 1.807) is 12.1 Å². The van der Waals surface area contributed by atoms with Crippen LogP contribution in [0.15, 0.2) is 72.8 Å². The molecule has 7 nitrogen and oxygen atoms in total. The smallest absolute Gasteiger partial charge is 0.303 e. The second-order valence-corrected chi connectivity index (χ2v) is 8.89. The number of hydrogen-bond donors (Lipinski definition) is 2. The van der Waals surface area contributed by atoms with Gasteiger partial charge in [-0.3, -0.25) is 9.59 Å². The van der Waals surface area contributed by atoms with Crippen LogP contribution in [0.1, 0.15) is 53.3 Å². The maximum absolute atomic E-state index is 13.2. The van der Waals surface area contributed by atoms with Gasteiger partial charge >= 0.3 is 5.97 Å². The minimum atomic E-state index is -0.800. The van der Waals surface area contributed by atoms with E-state index in [1.807, 2.05) is 60.7 Å². The number of fused-ring (bicyclic) bond motifs is 2. The molecule has 0 fully saturated rings. The van der Waals surface area contributed by atoms with Crippen molar-refractivity contribution in [3.05, 3.63) is 89.6 Å². The van der Waals surface area contributed by atoms with E-state index in [4.69, 9.17) is 19.8 Å². The summed E-state index contributed by atoms with van der Waals surface area (Å²) < 4.78 is 5.71. The number of carboxylic acid groups (broad SMARTS) is 1. The van der Waals surface area contributed by atoms with Crippen molar-refractivity contribution in [2.24, 2.45) is 0 Å². The lowest BCUT2D eigenvalue weighted by molar-refractivity contribution is -0.137. The molecule has 0 spiro atoms. The fraction of sp³-hybridized carbons (Fsp3) is 0.241. The number of aryl methyl sites for hydroxylation is 1. The first-order valence-electron chi connectivity index (χ1n) is 12.2. The standard InChI is InChI=1S/C29H27N3O4/c33-27(34)13-7-5-11-24-28(19-8-2-1-3-9-19)31-23-15-14-20(18-25(23)30-24)29(35)32-22-16-17-36-26-12-6-4-10-21(22)26/h1-4,6,8-10,12,14-15,18,22H,5,7,11,13,16-17H2,(H,32,35)(H,33,34). The van der Waals surface area contributed by atoms with Gasteiger partial charge in [-0.05, 0) is 43.5 Å². The third kappa shape index (κ3) is 5.20. The number of benzene rings is 3. The number of rotatable bonds is 8. The van der Waals surface area contributed by atoms with E-state index in [2.05, 4.69) is 5.32 Å². The van der Waals surface area contributed by atoms with Crippen LogP contribution in [0.25, 0.3) is 22.3 Å². The monoisotopic (exact) mass is 481 g/mol. The summed E-state index contributed by atoms with van der Waals surface area (Å²) in [5, 5.41) is 12.1. The Balaban J connectivity index is 1.42. The van der Waals surface area contributed by atoms with Crippen LogP contribution in [0.5, 0.6) is 5.75 Å². The molecule has 1 aliphatic heterocycles. The Hall–Kier alpha value is -4.26. The zero-order valence-corrected chi connectivity index (χ0v) is 19.8. The fourth-order valence-electron chi connectivity index (χ4n) is 4.54. The second-order valence-electron chi connectivity index (χ2n) is 8.89. The van der Waals surface area contributed by atoms with Crippen molar-refractivity contribution in [2.45, 2.75) is 38.1 Å². The molecule has 1 atom stereocenters. The zero-order chi connectivity index (χ0) is 24.9. The van der Waals surface area contributed by atoms with E-state index < -0.39 is 5.97 Å². The van der Waals surface area contributed by atoms with Crippen molar-refractivity contribution in [2.75, 3.05) is 6.61 Å². The Morgan fingerprint density at radius 1 is 0.944 bits per heavy atom. The van der Waals surface area contributed by atoms with Crippen molar-refractivity contribution in [1.29, 1.82) is 0 Å². The maximum atomic E-state index is 13.2. The van der Waals surface area contributed by atoms with Gasteiger partial charge in [-0.2, -0.15) is 0 Å². The highest BCUT2D eigenvalue weighted by atomic mass is 16.5. The summed E-state index contributed by atoms with van der Waals surface area (Å²) in [6, 6.07) is 22.9. The zero-order valence-electron chi connectivity index (χ0n) is 19.8. The fourth-order valence-corrected chi connectivity index (χ4v) is 4.54. The van der Waals surface area contributed by atoms with Gasteiger partial charge in [0.1, 0.15) is 5.75 Å². The van der Waals surface area contributed by atoms with Gasteiger partial charge in [0.05, 0.1) is 35.1 Å². The predicted octanol–water partition coefficient (Wildman–Crippen LogP) is 5.35. The minimum absolute atomic E-state index is 0.116. The Morgan fingerprint density at radius 2 is 1.75 bits per heavy atom. The van der Waals surface area contributed by atoms with E-state index in [-0.39, 0.29) is 18.4 Å². The molecule has 0 bridgehead atoms. The normalized spacial score (nSPS) is 14.6. The molecule has 0 radical (unpaired) electrons. The van der Waals surface area contributed by atoms with Crippen LogP contribution in [-0.4, -0.2) is 33.6 Å². The number of carbonyl (C=O) groups excluding carboxylic acids is 1. The first-order valence-corrected chi connectivity index (χ1v) is 12.2. The first-order chi connectivity index (χ1) is 17.6. The molecule has 2 heterocycles. The third-order valence-corrected chi connectivity index (χ3v) is 6.36. The highest BCUT2D eigenvalue weighted by Crippen LogP contribution is 2.32. The average molecular weight is 482 g/mol. The predicted molar refractivity (Wildman–Crippen MR) is 137 cm³/mol. The van der Waals surface area contributed by atoms with Crippen molar-refractivity contribution in [1.82, 2.24) is 15.3 Å². The van der Waals surface area contributed by atoms with Crippen LogP contribution in [0, 0.1) is 0 Å².